The maximum absolute atomic E-state index is 8.70. The topological polar surface area (TPSA) is 111 Å². The molecule has 0 fully saturated rings. The van der Waals surface area contributed by atoms with E-state index in [1.165, 1.54) is 0 Å². The predicted molar refractivity (Wildman–Crippen MR) is 67.3 cm³/mol. The molecule has 0 radical (unpaired) electrons. The number of rotatable bonds is 0. The predicted octanol–water partition coefficient (Wildman–Crippen LogP) is -0.394. The fraction of sp³-hybridized carbons (Fsp3) is 0. The minimum Gasteiger partial charge on any atom is -0.786 e. The zero-order valence-electron chi connectivity index (χ0n) is 9.16. The number of nitrogens with zero attached hydrogens (tertiary/aromatic N) is 2. The van der Waals surface area contributed by atoms with Gasteiger partial charge in [0.2, 0.25) is 0 Å². The number of hydrogen-bond donors (Lipinski definition) is 2. The molecule has 0 heterocycles. The van der Waals surface area contributed by atoms with Crippen LogP contribution in [0.15, 0.2) is 0 Å². The van der Waals surface area contributed by atoms with Crippen LogP contribution in [-0.4, -0.2) is 9.79 Å². The molecule has 0 saturated carbocycles. The van der Waals surface area contributed by atoms with Gasteiger partial charge in [-0.3, -0.25) is 0 Å². The second-order valence-corrected chi connectivity index (χ2v) is 4.50. The van der Waals surface area contributed by atoms with Gasteiger partial charge in [-0.15, -0.1) is 0 Å². The average Bonchev–Trinajstić information content (AvgIpc) is 2.27. The van der Waals surface area contributed by atoms with Crippen molar-refractivity contribution in [3.05, 3.63) is 31.2 Å². The Balaban J connectivity index is 0. The van der Waals surface area contributed by atoms with Crippen molar-refractivity contribution in [1.29, 1.82) is 10.5 Å². The summed E-state index contributed by atoms with van der Waals surface area (Å²) in [6.07, 6.45) is 0. The first-order valence-electron chi connectivity index (χ1n) is 3.79. The Hall–Kier alpha value is 1.31. The number of halogens is 4. The van der Waals surface area contributed by atoms with Crippen molar-refractivity contribution in [3.8, 4) is 12.1 Å². The normalized spacial score (nSPS) is 8.74. The van der Waals surface area contributed by atoms with Crippen molar-refractivity contribution in [2.75, 3.05) is 0 Å². The van der Waals surface area contributed by atoms with Gasteiger partial charge in [-0.05, 0) is 0 Å². The van der Waals surface area contributed by atoms with E-state index >= 15 is 0 Å². The second kappa shape index (κ2) is 11.0. The molecule has 1 rings (SSSR count). The Morgan fingerprint density at radius 3 is 1.32 bits per heavy atom. The Morgan fingerprint density at radius 2 is 1.11 bits per heavy atom. The molecule has 0 atom stereocenters. The fourth-order valence-electron chi connectivity index (χ4n) is 0.830. The number of benzene rings is 1. The average molecular weight is 386 g/mol. The van der Waals surface area contributed by atoms with Crippen molar-refractivity contribution >= 4 is 55.0 Å². The molecule has 0 amide bonds. The Morgan fingerprint density at radius 1 is 0.842 bits per heavy atom. The van der Waals surface area contributed by atoms with Gasteiger partial charge in [0, 0.05) is 0 Å². The molecule has 0 bridgehead atoms. The molecule has 2 N–H and O–H groups in total. The van der Waals surface area contributed by atoms with Crippen LogP contribution in [0.5, 0.6) is 0 Å². The van der Waals surface area contributed by atoms with Gasteiger partial charge in [0.05, 0.1) is 39.8 Å². The fourth-order valence-corrected chi connectivity index (χ4v) is 1.90. The van der Waals surface area contributed by atoms with E-state index < -0.39 is 8.60 Å². The van der Waals surface area contributed by atoms with Crippen LogP contribution in [0, 0.1) is 22.7 Å². The monoisotopic (exact) mass is 384 g/mol. The smallest absolute Gasteiger partial charge is 0.786 e. The van der Waals surface area contributed by atoms with E-state index in [1.54, 1.807) is 12.1 Å². The summed E-state index contributed by atoms with van der Waals surface area (Å²) in [5.41, 5.74) is -0.0847. The summed E-state index contributed by atoms with van der Waals surface area (Å²) in [7, 11) is -2.87. The third-order valence-electron chi connectivity index (χ3n) is 1.49. The summed E-state index contributed by atoms with van der Waals surface area (Å²) in [6, 6.07) is 3.50. The molecular formula is C8H2Cl4KN2O3P. The van der Waals surface area contributed by atoms with Gasteiger partial charge in [-0.1, -0.05) is 46.4 Å². The van der Waals surface area contributed by atoms with Crippen LogP contribution in [0.2, 0.25) is 20.1 Å². The molecule has 0 aliphatic heterocycles. The van der Waals surface area contributed by atoms with E-state index in [0.717, 1.165) is 0 Å². The van der Waals surface area contributed by atoms with Gasteiger partial charge in [0.15, 0.2) is 0 Å². The first-order valence-corrected chi connectivity index (χ1v) is 6.46. The van der Waals surface area contributed by atoms with Crippen LogP contribution in [-0.2, 0) is 0 Å². The van der Waals surface area contributed by atoms with Crippen LogP contribution in [0.4, 0.5) is 0 Å². The second-order valence-electron chi connectivity index (χ2n) is 2.48. The van der Waals surface area contributed by atoms with E-state index in [1.807, 2.05) is 0 Å². The first kappa shape index (κ1) is 22.6. The Kier molecular flexibility index (Phi) is 13.0. The molecular weight excluding hydrogens is 384 g/mol. The van der Waals surface area contributed by atoms with Crippen LogP contribution in [0.1, 0.15) is 11.1 Å². The van der Waals surface area contributed by atoms with Gasteiger partial charge in [0.1, 0.15) is 12.1 Å². The zero-order valence-corrected chi connectivity index (χ0v) is 16.2. The number of hydrogen-bond acceptors (Lipinski definition) is 5. The molecule has 0 unspecified atom stereocenters. The van der Waals surface area contributed by atoms with Gasteiger partial charge in [-0.25, -0.2) is 0 Å². The minimum absolute atomic E-state index is 0. The van der Waals surface area contributed by atoms with E-state index in [2.05, 4.69) is 0 Å². The third-order valence-corrected chi connectivity index (χ3v) is 3.19. The molecule has 11 heteroatoms. The Bertz CT molecular complexity index is 501. The van der Waals surface area contributed by atoms with E-state index in [0.29, 0.717) is 0 Å². The summed E-state index contributed by atoms with van der Waals surface area (Å²) in [6.45, 7) is 0. The van der Waals surface area contributed by atoms with Crippen LogP contribution in [0.25, 0.3) is 0 Å². The van der Waals surface area contributed by atoms with Crippen molar-refractivity contribution in [3.63, 3.8) is 0 Å². The van der Waals surface area contributed by atoms with Crippen molar-refractivity contribution < 1.29 is 66.1 Å². The summed E-state index contributed by atoms with van der Waals surface area (Å²) in [5.74, 6) is 0. The summed E-state index contributed by atoms with van der Waals surface area (Å²) in [5, 5.41) is 17.2. The van der Waals surface area contributed by atoms with Gasteiger partial charge < -0.3 is 14.7 Å². The van der Waals surface area contributed by atoms with Crippen molar-refractivity contribution in [2.24, 2.45) is 0 Å². The molecule has 0 spiro atoms. The zero-order chi connectivity index (χ0) is 14.5. The molecule has 0 aliphatic carbocycles. The van der Waals surface area contributed by atoms with Gasteiger partial charge in [0.25, 0.3) is 0 Å². The molecule has 0 aromatic heterocycles. The van der Waals surface area contributed by atoms with E-state index in [4.69, 9.17) is 71.6 Å². The quantitative estimate of drug-likeness (QED) is 0.273. The van der Waals surface area contributed by atoms with Crippen molar-refractivity contribution in [2.45, 2.75) is 0 Å². The standard InChI is InChI=1S/C8Cl4N2.K.H2O3P/c9-5-3(1-13)6(10)8(12)7(11)4(5)2-14;;1-4(2)3/h;;1-2H/q;+1;-1. The summed E-state index contributed by atoms with van der Waals surface area (Å²) >= 11 is 22.8. The molecule has 96 valence electrons. The largest absolute Gasteiger partial charge is 1.00 e. The molecule has 5 nitrogen and oxygen atoms in total. The molecule has 1 aromatic rings. The van der Waals surface area contributed by atoms with Crippen LogP contribution < -0.4 is 56.3 Å². The molecule has 19 heavy (non-hydrogen) atoms. The van der Waals surface area contributed by atoms with Gasteiger partial charge in [-0.2, -0.15) is 10.5 Å². The van der Waals surface area contributed by atoms with Crippen LogP contribution in [0.3, 0.4) is 0 Å². The first-order chi connectivity index (χ1) is 8.27. The minimum atomic E-state index is -2.87. The molecule has 1 aromatic carbocycles. The SMILES string of the molecule is N#Cc1c(Cl)c(Cl)c(Cl)c(C#N)c1Cl.[K+].[O-]P(O)O. The van der Waals surface area contributed by atoms with Crippen molar-refractivity contribution in [1.82, 2.24) is 0 Å². The van der Waals surface area contributed by atoms with Crippen LogP contribution >= 0.6 is 55.0 Å². The number of nitriles is 2. The van der Waals surface area contributed by atoms with E-state index in [9.17, 15) is 0 Å². The maximum atomic E-state index is 8.70. The Labute approximate surface area is 172 Å². The third kappa shape index (κ3) is 6.73. The summed E-state index contributed by atoms with van der Waals surface area (Å²) in [4.78, 5) is 22.9. The summed E-state index contributed by atoms with van der Waals surface area (Å²) < 4.78 is 0. The van der Waals surface area contributed by atoms with Gasteiger partial charge >= 0.3 is 51.4 Å². The van der Waals surface area contributed by atoms with E-state index in [-0.39, 0.29) is 82.6 Å². The molecule has 0 saturated heterocycles. The maximum Gasteiger partial charge on any atom is 1.00 e. The molecule has 0 aliphatic rings.